The molecule has 0 fully saturated rings. The highest BCUT2D eigenvalue weighted by atomic mass is 31.2. The fourth-order valence-electron chi connectivity index (χ4n) is 4.35. The molecular formula is C27H40N2O8P2. The first kappa shape index (κ1) is 32.9. The van der Waals surface area contributed by atoms with Crippen molar-refractivity contribution in [2.75, 3.05) is 22.9 Å². The maximum atomic E-state index is 11.5. The van der Waals surface area contributed by atoms with Gasteiger partial charge in [-0.25, -0.2) is 0 Å². The first-order valence-corrected chi connectivity index (χ1v) is 16.8. The molecule has 0 aliphatic carbocycles. The molecule has 2 rings (SSSR count). The number of nitrogens with zero attached hydrogens (tertiary/aromatic N) is 2. The van der Waals surface area contributed by atoms with Crippen molar-refractivity contribution in [1.82, 2.24) is 0 Å². The second-order valence-corrected chi connectivity index (χ2v) is 13.0. The Hall–Kier alpha value is -2.32. The van der Waals surface area contributed by atoms with Gasteiger partial charge in [-0.15, -0.1) is 0 Å². The Kier molecular flexibility index (Phi) is 14.1. The molecular weight excluding hydrogens is 542 g/mol. The van der Waals surface area contributed by atoms with Gasteiger partial charge in [-0.2, -0.15) is 0 Å². The summed E-state index contributed by atoms with van der Waals surface area (Å²) in [5, 5.41) is 0. The van der Waals surface area contributed by atoms with Crippen molar-refractivity contribution in [1.29, 1.82) is 0 Å². The van der Waals surface area contributed by atoms with E-state index in [-0.39, 0.29) is 12.3 Å². The predicted molar refractivity (Wildman–Crippen MR) is 153 cm³/mol. The zero-order valence-electron chi connectivity index (χ0n) is 22.2. The fraction of sp³-hybridized carbons (Fsp3) is 0.481. The summed E-state index contributed by atoms with van der Waals surface area (Å²) < 4.78 is 22.2. The van der Waals surface area contributed by atoms with Gasteiger partial charge in [0, 0.05) is 24.5 Å². The Labute approximate surface area is 230 Å². The van der Waals surface area contributed by atoms with Crippen LogP contribution >= 0.6 is 15.2 Å². The number of unbranched alkanes of at least 4 members (excludes halogenated alkanes) is 8. The van der Waals surface area contributed by atoms with E-state index in [4.69, 9.17) is 19.6 Å². The normalized spacial score (nSPS) is 11.8. The quantitative estimate of drug-likeness (QED) is 0.0946. The number of carbonyl (C=O) groups excluding carboxylic acids is 2. The molecule has 0 aliphatic heterocycles. The van der Waals surface area contributed by atoms with Crippen LogP contribution in [0.2, 0.25) is 0 Å². The van der Waals surface area contributed by atoms with Gasteiger partial charge in [-0.3, -0.25) is 18.7 Å². The molecule has 2 amide bonds. The van der Waals surface area contributed by atoms with Gasteiger partial charge < -0.3 is 29.4 Å². The fourth-order valence-corrected chi connectivity index (χ4v) is 5.72. The largest absolute Gasteiger partial charge is 0.329 e. The van der Waals surface area contributed by atoms with Crippen molar-refractivity contribution in [3.8, 4) is 0 Å². The van der Waals surface area contributed by atoms with Gasteiger partial charge in [0.05, 0.1) is 12.3 Å². The van der Waals surface area contributed by atoms with Crippen molar-refractivity contribution in [3.63, 3.8) is 0 Å². The monoisotopic (exact) mass is 582 g/mol. The summed E-state index contributed by atoms with van der Waals surface area (Å²) in [4.78, 5) is 62.4. The minimum atomic E-state index is -4.11. The molecule has 12 heteroatoms. The predicted octanol–water partition coefficient (Wildman–Crippen LogP) is 5.18. The number of carbonyl (C=O) groups is 2. The van der Waals surface area contributed by atoms with Gasteiger partial charge in [0.2, 0.25) is 12.8 Å². The Bertz CT molecular complexity index is 1010. The lowest BCUT2D eigenvalue weighted by Crippen LogP contribution is -2.22. The van der Waals surface area contributed by atoms with Gasteiger partial charge in [0.1, 0.15) is 0 Å². The molecule has 4 N–H and O–H groups in total. The lowest BCUT2D eigenvalue weighted by Gasteiger charge is -2.18. The maximum Gasteiger partial charge on any atom is 0.329 e. The molecule has 2 aromatic rings. The summed E-state index contributed by atoms with van der Waals surface area (Å²) in [7, 11) is -8.23. The topological polar surface area (TPSA) is 156 Å². The number of hydrogen-bond acceptors (Lipinski definition) is 4. The van der Waals surface area contributed by atoms with Crippen molar-refractivity contribution < 1.29 is 38.3 Å². The van der Waals surface area contributed by atoms with Crippen LogP contribution in [0.5, 0.6) is 0 Å². The van der Waals surface area contributed by atoms with Crippen molar-refractivity contribution in [3.05, 3.63) is 59.7 Å². The molecule has 2 aromatic carbocycles. The molecule has 10 nitrogen and oxygen atoms in total. The molecule has 39 heavy (non-hydrogen) atoms. The van der Waals surface area contributed by atoms with E-state index in [1.807, 2.05) is 0 Å². The minimum absolute atomic E-state index is 0.314. The highest BCUT2D eigenvalue weighted by molar-refractivity contribution is 7.51. The summed E-state index contributed by atoms with van der Waals surface area (Å²) in [6.07, 6.45) is 10.3. The number of benzene rings is 2. The molecule has 0 heterocycles. The number of hydrogen-bond donors (Lipinski definition) is 4. The number of rotatable bonds is 20. The third kappa shape index (κ3) is 14.0. The zero-order chi connectivity index (χ0) is 28.7. The van der Waals surface area contributed by atoms with Crippen LogP contribution in [0.3, 0.4) is 0 Å². The van der Waals surface area contributed by atoms with E-state index in [0.29, 0.717) is 35.6 Å². The van der Waals surface area contributed by atoms with E-state index in [1.54, 1.807) is 58.3 Å². The van der Waals surface area contributed by atoms with E-state index >= 15 is 0 Å². The summed E-state index contributed by atoms with van der Waals surface area (Å²) in [5.41, 5.74) is 2.49. The van der Waals surface area contributed by atoms with Crippen LogP contribution in [-0.2, 0) is 31.0 Å². The average Bonchev–Trinajstić information content (AvgIpc) is 2.86. The molecule has 0 aliphatic rings. The maximum absolute atomic E-state index is 11.5. The van der Waals surface area contributed by atoms with E-state index in [1.165, 1.54) is 0 Å². The third-order valence-electron chi connectivity index (χ3n) is 6.37. The first-order valence-electron chi connectivity index (χ1n) is 13.2. The lowest BCUT2D eigenvalue weighted by atomic mass is 10.1. The van der Waals surface area contributed by atoms with Crippen molar-refractivity contribution in [2.24, 2.45) is 0 Å². The molecule has 0 saturated carbocycles. The van der Waals surface area contributed by atoms with E-state index < -0.39 is 15.2 Å². The van der Waals surface area contributed by atoms with Crippen LogP contribution in [0, 0.1) is 0 Å². The van der Waals surface area contributed by atoms with Gasteiger partial charge >= 0.3 is 15.2 Å². The second kappa shape index (κ2) is 16.7. The van der Waals surface area contributed by atoms with Crippen LogP contribution in [0.4, 0.5) is 11.4 Å². The average molecular weight is 583 g/mol. The van der Waals surface area contributed by atoms with Gasteiger partial charge in [0.15, 0.2) is 0 Å². The molecule has 0 spiro atoms. The summed E-state index contributed by atoms with van der Waals surface area (Å²) >= 11 is 0. The molecule has 0 unspecified atom stereocenters. The van der Waals surface area contributed by atoms with Gasteiger partial charge in [-0.05, 0) is 48.2 Å². The number of anilines is 2. The second-order valence-electron chi connectivity index (χ2n) is 9.76. The SMILES string of the molecule is O=CN(CCCCCCCCCCCN(C=O)c1ccc(CP(=O)(O)O)cc1)c1ccc(CP(=O)(O)O)cc1. The van der Waals surface area contributed by atoms with Crippen LogP contribution in [0.25, 0.3) is 0 Å². The highest BCUT2D eigenvalue weighted by Gasteiger charge is 2.15. The van der Waals surface area contributed by atoms with Crippen LogP contribution in [0.15, 0.2) is 48.5 Å². The number of amides is 2. The van der Waals surface area contributed by atoms with Crippen molar-refractivity contribution in [2.45, 2.75) is 70.1 Å². The smallest absolute Gasteiger partial charge is 0.324 e. The molecule has 0 radical (unpaired) electrons. The molecule has 0 aromatic heterocycles. The Morgan fingerprint density at radius 2 is 0.795 bits per heavy atom. The molecule has 0 atom stereocenters. The molecule has 216 valence electrons. The molecule has 0 bridgehead atoms. The highest BCUT2D eigenvalue weighted by Crippen LogP contribution is 2.40. The lowest BCUT2D eigenvalue weighted by molar-refractivity contribution is -0.108. The Balaban J connectivity index is 1.54. The van der Waals surface area contributed by atoms with E-state index in [0.717, 1.165) is 70.6 Å². The summed E-state index contributed by atoms with van der Waals surface area (Å²) in [5.74, 6) is 0. The Morgan fingerprint density at radius 1 is 0.513 bits per heavy atom. The van der Waals surface area contributed by atoms with Crippen molar-refractivity contribution >= 4 is 39.4 Å². The van der Waals surface area contributed by atoms with Crippen LogP contribution < -0.4 is 9.80 Å². The summed E-state index contributed by atoms with van der Waals surface area (Å²) in [6, 6.07) is 13.4. The minimum Gasteiger partial charge on any atom is -0.324 e. The van der Waals surface area contributed by atoms with Gasteiger partial charge in [0.25, 0.3) is 0 Å². The summed E-state index contributed by atoms with van der Waals surface area (Å²) in [6.45, 7) is 1.20. The van der Waals surface area contributed by atoms with Gasteiger partial charge in [-0.1, -0.05) is 69.2 Å². The van der Waals surface area contributed by atoms with Crippen LogP contribution in [-0.4, -0.2) is 45.5 Å². The third-order valence-corrected chi connectivity index (χ3v) is 7.92. The Morgan fingerprint density at radius 3 is 1.05 bits per heavy atom. The molecule has 0 saturated heterocycles. The first-order chi connectivity index (χ1) is 18.5. The zero-order valence-corrected chi connectivity index (χ0v) is 24.0. The van der Waals surface area contributed by atoms with Crippen LogP contribution in [0.1, 0.15) is 68.9 Å². The van der Waals surface area contributed by atoms with E-state index in [2.05, 4.69) is 0 Å². The standard InChI is InChI=1S/C27H40N2O8P2/c30-22-28(26-14-10-24(11-15-26)20-38(32,33)34)18-8-6-4-2-1-3-5-7-9-19-29(23-31)27-16-12-25(13-17-27)21-39(35,36)37/h10-17,22-23H,1-9,18-21H2,(H2,32,33,34)(H2,35,36,37). The van der Waals surface area contributed by atoms with E-state index in [9.17, 15) is 18.7 Å².